The number of aromatic hydroxyl groups is 1. The Bertz CT molecular complexity index is 704. The lowest BCUT2D eigenvalue weighted by molar-refractivity contribution is 0.0594. The Morgan fingerprint density at radius 2 is 2.24 bits per heavy atom. The molecular formula is C14H12Cl2N2O3. The number of fused-ring (bicyclic) bond motifs is 1. The van der Waals surface area contributed by atoms with Gasteiger partial charge in [0.15, 0.2) is 5.69 Å². The predicted octanol–water partition coefficient (Wildman–Crippen LogP) is 3.02. The van der Waals surface area contributed by atoms with E-state index in [1.807, 2.05) is 4.57 Å². The van der Waals surface area contributed by atoms with Crippen LogP contribution < -0.4 is 0 Å². The molecule has 3 rings (SSSR count). The van der Waals surface area contributed by atoms with E-state index in [-0.39, 0.29) is 17.4 Å². The van der Waals surface area contributed by atoms with Crippen molar-refractivity contribution in [1.82, 2.24) is 9.55 Å². The van der Waals surface area contributed by atoms with Crippen molar-refractivity contribution < 1.29 is 14.6 Å². The van der Waals surface area contributed by atoms with E-state index >= 15 is 0 Å². The van der Waals surface area contributed by atoms with Gasteiger partial charge in [-0.1, -0.05) is 23.2 Å². The third-order valence-corrected chi connectivity index (χ3v) is 4.44. The Balaban J connectivity index is 1.91. The zero-order valence-electron chi connectivity index (χ0n) is 11.1. The van der Waals surface area contributed by atoms with Crippen molar-refractivity contribution >= 4 is 29.2 Å². The van der Waals surface area contributed by atoms with Gasteiger partial charge in [0.1, 0.15) is 11.6 Å². The second kappa shape index (κ2) is 5.24. The molecule has 0 aliphatic carbocycles. The average molecular weight is 327 g/mol. The van der Waals surface area contributed by atoms with E-state index < -0.39 is 5.97 Å². The van der Waals surface area contributed by atoms with Crippen molar-refractivity contribution in [2.75, 3.05) is 7.11 Å². The summed E-state index contributed by atoms with van der Waals surface area (Å²) >= 11 is 12.2. The molecule has 0 saturated heterocycles. The molecule has 0 amide bonds. The fraction of sp³-hybridized carbons (Fsp3) is 0.286. The van der Waals surface area contributed by atoms with Gasteiger partial charge in [-0.3, -0.25) is 0 Å². The van der Waals surface area contributed by atoms with Crippen LogP contribution in [0, 0.1) is 0 Å². The maximum Gasteiger partial charge on any atom is 0.358 e. The Hall–Kier alpha value is -1.72. The minimum absolute atomic E-state index is 0.0228. The van der Waals surface area contributed by atoms with Crippen molar-refractivity contribution in [3.63, 3.8) is 0 Å². The van der Waals surface area contributed by atoms with Crippen LogP contribution >= 0.6 is 23.2 Å². The van der Waals surface area contributed by atoms with Crippen LogP contribution in [0.3, 0.4) is 0 Å². The summed E-state index contributed by atoms with van der Waals surface area (Å²) in [5, 5.41) is 10.8. The molecule has 0 spiro atoms. The number of benzene rings is 1. The number of imidazole rings is 1. The normalized spacial score (nSPS) is 16.8. The second-order valence-corrected chi connectivity index (χ2v) is 5.67. The molecule has 1 aliphatic heterocycles. The molecule has 2 aromatic rings. The van der Waals surface area contributed by atoms with E-state index in [9.17, 15) is 9.90 Å². The van der Waals surface area contributed by atoms with Gasteiger partial charge in [0, 0.05) is 30.6 Å². The van der Waals surface area contributed by atoms with E-state index in [1.54, 1.807) is 12.3 Å². The number of ether oxygens (including phenoxy) is 1. The first-order valence-corrected chi connectivity index (χ1v) is 7.08. The number of nitrogens with zero attached hydrogens (tertiary/aromatic N) is 2. The molecule has 5 nitrogen and oxygen atoms in total. The van der Waals surface area contributed by atoms with Gasteiger partial charge in [-0.25, -0.2) is 9.78 Å². The molecule has 0 radical (unpaired) electrons. The molecule has 21 heavy (non-hydrogen) atoms. The topological polar surface area (TPSA) is 64.4 Å². The number of halogens is 2. The highest BCUT2D eigenvalue weighted by atomic mass is 35.5. The van der Waals surface area contributed by atoms with E-state index in [2.05, 4.69) is 9.72 Å². The third-order valence-electron chi connectivity index (χ3n) is 3.62. The summed E-state index contributed by atoms with van der Waals surface area (Å²) in [5.41, 5.74) is 0.904. The fourth-order valence-corrected chi connectivity index (χ4v) is 3.12. The molecule has 0 bridgehead atoms. The van der Waals surface area contributed by atoms with Crippen LogP contribution in [0.4, 0.5) is 0 Å². The molecule has 1 unspecified atom stereocenters. The highest BCUT2D eigenvalue weighted by Gasteiger charge is 2.30. The zero-order chi connectivity index (χ0) is 15.1. The Labute approximate surface area is 131 Å². The molecule has 0 fully saturated rings. The van der Waals surface area contributed by atoms with Crippen LogP contribution in [0.25, 0.3) is 0 Å². The molecule has 110 valence electrons. The molecule has 1 atom stereocenters. The standard InChI is InChI=1S/C14H12Cl2N2O3/c1-21-14(20)9-6-18-5-7(4-11(18)17-9)12-10(19)3-2-8(15)13(12)16/h2-3,6-7,19H,4-5H2,1H3. The van der Waals surface area contributed by atoms with Crippen molar-refractivity contribution in [3.05, 3.63) is 45.5 Å². The van der Waals surface area contributed by atoms with Crippen molar-refractivity contribution in [3.8, 4) is 5.75 Å². The van der Waals surface area contributed by atoms with Gasteiger partial charge in [0.2, 0.25) is 0 Å². The van der Waals surface area contributed by atoms with Gasteiger partial charge in [-0.15, -0.1) is 0 Å². The number of phenols is 1. The lowest BCUT2D eigenvalue weighted by atomic mass is 9.96. The first-order chi connectivity index (χ1) is 10.0. The Morgan fingerprint density at radius 3 is 2.90 bits per heavy atom. The zero-order valence-corrected chi connectivity index (χ0v) is 12.6. The summed E-state index contributed by atoms with van der Waals surface area (Å²) in [6.45, 7) is 0.576. The highest BCUT2D eigenvalue weighted by molar-refractivity contribution is 6.42. The summed E-state index contributed by atoms with van der Waals surface area (Å²) in [6, 6.07) is 3.09. The Morgan fingerprint density at radius 1 is 1.48 bits per heavy atom. The van der Waals surface area contributed by atoms with E-state index in [0.717, 1.165) is 5.82 Å². The van der Waals surface area contributed by atoms with E-state index in [0.29, 0.717) is 28.6 Å². The number of esters is 1. The average Bonchev–Trinajstić information content (AvgIpc) is 3.01. The third kappa shape index (κ3) is 2.36. The SMILES string of the molecule is COC(=O)c1cn2c(n1)CC(c1c(O)ccc(Cl)c1Cl)C2. The number of aromatic nitrogens is 2. The van der Waals surface area contributed by atoms with Gasteiger partial charge >= 0.3 is 5.97 Å². The van der Waals surface area contributed by atoms with Crippen LogP contribution in [0.1, 0.15) is 27.8 Å². The van der Waals surface area contributed by atoms with Crippen LogP contribution in [0.15, 0.2) is 18.3 Å². The number of rotatable bonds is 2. The molecule has 1 N–H and O–H groups in total. The molecule has 1 aromatic carbocycles. The van der Waals surface area contributed by atoms with Gasteiger partial charge in [-0.2, -0.15) is 0 Å². The van der Waals surface area contributed by atoms with Crippen molar-refractivity contribution in [2.24, 2.45) is 0 Å². The number of carbonyl (C=O) groups is 1. The summed E-state index contributed by atoms with van der Waals surface area (Å²) in [7, 11) is 1.32. The van der Waals surface area contributed by atoms with E-state index in [1.165, 1.54) is 13.2 Å². The number of methoxy groups -OCH3 is 1. The molecule has 1 aliphatic rings. The Kier molecular flexibility index (Phi) is 3.55. The first kappa shape index (κ1) is 14.2. The number of hydrogen-bond acceptors (Lipinski definition) is 4. The lowest BCUT2D eigenvalue weighted by Gasteiger charge is -2.14. The van der Waals surface area contributed by atoms with Crippen molar-refractivity contribution in [2.45, 2.75) is 18.9 Å². The van der Waals surface area contributed by atoms with Crippen LogP contribution in [0.2, 0.25) is 10.0 Å². The fourth-order valence-electron chi connectivity index (χ4n) is 2.64. The van der Waals surface area contributed by atoms with E-state index in [4.69, 9.17) is 23.2 Å². The molecular weight excluding hydrogens is 315 g/mol. The summed E-state index contributed by atoms with van der Waals surface area (Å²) in [6.07, 6.45) is 2.22. The van der Waals surface area contributed by atoms with Gasteiger partial charge in [0.25, 0.3) is 0 Å². The number of hydrogen-bond donors (Lipinski definition) is 1. The lowest BCUT2D eigenvalue weighted by Crippen LogP contribution is -2.05. The molecule has 7 heteroatoms. The second-order valence-electron chi connectivity index (χ2n) is 4.88. The summed E-state index contributed by atoms with van der Waals surface area (Å²) in [5.74, 6) is 0.395. The molecule has 1 aromatic heterocycles. The number of phenolic OH excluding ortho intramolecular Hbond substituents is 1. The first-order valence-electron chi connectivity index (χ1n) is 6.32. The van der Waals surface area contributed by atoms with Gasteiger partial charge in [0.05, 0.1) is 17.2 Å². The van der Waals surface area contributed by atoms with Crippen LogP contribution in [-0.2, 0) is 17.7 Å². The highest BCUT2D eigenvalue weighted by Crippen LogP contribution is 2.41. The van der Waals surface area contributed by atoms with Crippen LogP contribution in [-0.4, -0.2) is 27.7 Å². The van der Waals surface area contributed by atoms with Crippen LogP contribution in [0.5, 0.6) is 5.75 Å². The smallest absolute Gasteiger partial charge is 0.358 e. The summed E-state index contributed by atoms with van der Waals surface area (Å²) < 4.78 is 6.51. The predicted molar refractivity (Wildman–Crippen MR) is 78.1 cm³/mol. The van der Waals surface area contributed by atoms with Gasteiger partial charge < -0.3 is 14.4 Å². The largest absolute Gasteiger partial charge is 0.508 e. The van der Waals surface area contributed by atoms with Gasteiger partial charge in [-0.05, 0) is 12.1 Å². The minimum atomic E-state index is -0.461. The maximum absolute atomic E-state index is 11.4. The maximum atomic E-state index is 11.4. The summed E-state index contributed by atoms with van der Waals surface area (Å²) in [4.78, 5) is 15.7. The minimum Gasteiger partial charge on any atom is -0.508 e. The molecule has 0 saturated carbocycles. The monoisotopic (exact) mass is 326 g/mol. The quantitative estimate of drug-likeness (QED) is 0.861. The molecule has 2 heterocycles. The van der Waals surface area contributed by atoms with Crippen molar-refractivity contribution in [1.29, 1.82) is 0 Å². The number of carbonyl (C=O) groups excluding carboxylic acids is 1.